The predicted molar refractivity (Wildman–Crippen MR) is 95.4 cm³/mol. The number of carbonyl (C=O) groups excluding carboxylic acids is 1. The number of methoxy groups -OCH3 is 1. The lowest BCUT2D eigenvalue weighted by Crippen LogP contribution is -2.48. The highest BCUT2D eigenvalue weighted by molar-refractivity contribution is 5.94. The smallest absolute Gasteiger partial charge is 0.253 e. The van der Waals surface area contributed by atoms with E-state index in [1.54, 1.807) is 6.07 Å². The summed E-state index contributed by atoms with van der Waals surface area (Å²) in [6, 6.07) is 11.9. The standard InChI is InChI=1S/C19H22FN3O2/c1-25-18-12-16(20)6-7-17(18)22-8-10-23(11-9-22)19(24)15-4-2-14(13-21)3-5-15/h2-7,12H,8-11,13,21H2,1H3. The molecule has 1 aliphatic heterocycles. The number of hydrogen-bond donors (Lipinski definition) is 1. The zero-order valence-electron chi connectivity index (χ0n) is 14.2. The number of carbonyl (C=O) groups is 1. The molecule has 0 atom stereocenters. The number of hydrogen-bond acceptors (Lipinski definition) is 4. The Labute approximate surface area is 146 Å². The van der Waals surface area contributed by atoms with E-state index in [0.29, 0.717) is 44.0 Å². The molecular weight excluding hydrogens is 321 g/mol. The number of rotatable bonds is 4. The van der Waals surface area contributed by atoms with Crippen LogP contribution in [-0.4, -0.2) is 44.1 Å². The molecule has 0 aromatic heterocycles. The molecule has 25 heavy (non-hydrogen) atoms. The first-order valence-corrected chi connectivity index (χ1v) is 8.29. The van der Waals surface area contributed by atoms with Gasteiger partial charge in [-0.3, -0.25) is 4.79 Å². The Kier molecular flexibility index (Phi) is 5.19. The zero-order valence-corrected chi connectivity index (χ0v) is 14.2. The second-order valence-electron chi connectivity index (χ2n) is 6.00. The molecule has 6 heteroatoms. The number of piperazine rings is 1. The number of ether oxygens (including phenoxy) is 1. The van der Waals surface area contributed by atoms with Gasteiger partial charge in [-0.15, -0.1) is 0 Å². The third-order valence-electron chi connectivity index (χ3n) is 4.49. The van der Waals surface area contributed by atoms with Gasteiger partial charge in [-0.1, -0.05) is 12.1 Å². The summed E-state index contributed by atoms with van der Waals surface area (Å²) >= 11 is 0. The molecule has 2 aromatic carbocycles. The van der Waals surface area contributed by atoms with Crippen LogP contribution in [0.25, 0.3) is 0 Å². The van der Waals surface area contributed by atoms with Crippen molar-refractivity contribution >= 4 is 11.6 Å². The van der Waals surface area contributed by atoms with Gasteiger partial charge < -0.3 is 20.3 Å². The molecule has 1 amide bonds. The summed E-state index contributed by atoms with van der Waals surface area (Å²) in [5.74, 6) is 0.210. The maximum Gasteiger partial charge on any atom is 0.253 e. The summed E-state index contributed by atoms with van der Waals surface area (Å²) in [4.78, 5) is 16.6. The fraction of sp³-hybridized carbons (Fsp3) is 0.316. The van der Waals surface area contributed by atoms with E-state index in [4.69, 9.17) is 10.5 Å². The van der Waals surface area contributed by atoms with Crippen LogP contribution in [0.15, 0.2) is 42.5 Å². The van der Waals surface area contributed by atoms with E-state index in [9.17, 15) is 9.18 Å². The molecule has 5 nitrogen and oxygen atoms in total. The van der Waals surface area contributed by atoms with Crippen LogP contribution in [-0.2, 0) is 6.54 Å². The molecule has 0 aliphatic carbocycles. The van der Waals surface area contributed by atoms with E-state index >= 15 is 0 Å². The summed E-state index contributed by atoms with van der Waals surface area (Å²) in [7, 11) is 1.53. The Morgan fingerprint density at radius 2 is 1.80 bits per heavy atom. The minimum absolute atomic E-state index is 0.0225. The lowest BCUT2D eigenvalue weighted by Gasteiger charge is -2.36. The summed E-state index contributed by atoms with van der Waals surface area (Å²) in [5.41, 5.74) is 8.11. The second-order valence-corrected chi connectivity index (χ2v) is 6.00. The van der Waals surface area contributed by atoms with Crippen molar-refractivity contribution in [3.63, 3.8) is 0 Å². The minimum atomic E-state index is -0.324. The van der Waals surface area contributed by atoms with Crippen molar-refractivity contribution in [2.45, 2.75) is 6.54 Å². The van der Waals surface area contributed by atoms with Gasteiger partial charge in [0.15, 0.2) is 0 Å². The first-order valence-electron chi connectivity index (χ1n) is 8.29. The van der Waals surface area contributed by atoms with Gasteiger partial charge in [-0.05, 0) is 29.8 Å². The van der Waals surface area contributed by atoms with Gasteiger partial charge in [0, 0.05) is 44.4 Å². The Hall–Kier alpha value is -2.60. The predicted octanol–water partition coefficient (Wildman–Crippen LogP) is 2.26. The third-order valence-corrected chi connectivity index (χ3v) is 4.49. The lowest BCUT2D eigenvalue weighted by molar-refractivity contribution is 0.0746. The number of benzene rings is 2. The van der Waals surface area contributed by atoms with Crippen molar-refractivity contribution in [2.24, 2.45) is 5.73 Å². The van der Waals surface area contributed by atoms with E-state index in [0.717, 1.165) is 11.3 Å². The molecule has 2 N–H and O–H groups in total. The SMILES string of the molecule is COc1cc(F)ccc1N1CCN(C(=O)c2ccc(CN)cc2)CC1. The third kappa shape index (κ3) is 3.74. The fourth-order valence-corrected chi connectivity index (χ4v) is 3.03. The van der Waals surface area contributed by atoms with E-state index in [-0.39, 0.29) is 11.7 Å². The largest absolute Gasteiger partial charge is 0.494 e. The number of amides is 1. The zero-order chi connectivity index (χ0) is 17.8. The fourth-order valence-electron chi connectivity index (χ4n) is 3.03. The van der Waals surface area contributed by atoms with Crippen LogP contribution in [0.5, 0.6) is 5.75 Å². The van der Waals surface area contributed by atoms with Gasteiger partial charge >= 0.3 is 0 Å². The van der Waals surface area contributed by atoms with Crippen molar-refractivity contribution in [3.8, 4) is 5.75 Å². The molecule has 3 rings (SSSR count). The second kappa shape index (κ2) is 7.53. The van der Waals surface area contributed by atoms with E-state index < -0.39 is 0 Å². The molecule has 1 aliphatic rings. The average molecular weight is 343 g/mol. The molecule has 1 heterocycles. The van der Waals surface area contributed by atoms with Crippen LogP contribution < -0.4 is 15.4 Å². The van der Waals surface area contributed by atoms with Gasteiger partial charge in [-0.2, -0.15) is 0 Å². The molecule has 0 saturated carbocycles. The van der Waals surface area contributed by atoms with E-state index in [2.05, 4.69) is 4.90 Å². The molecular formula is C19H22FN3O2. The summed E-state index contributed by atoms with van der Waals surface area (Å²) in [6.07, 6.45) is 0. The Bertz CT molecular complexity index is 741. The topological polar surface area (TPSA) is 58.8 Å². The first kappa shape index (κ1) is 17.2. The van der Waals surface area contributed by atoms with Gasteiger partial charge in [0.1, 0.15) is 11.6 Å². The van der Waals surface area contributed by atoms with Crippen molar-refractivity contribution in [1.29, 1.82) is 0 Å². The summed E-state index contributed by atoms with van der Waals surface area (Å²) in [5, 5.41) is 0. The van der Waals surface area contributed by atoms with Gasteiger partial charge in [0.25, 0.3) is 5.91 Å². The lowest BCUT2D eigenvalue weighted by atomic mass is 10.1. The maximum atomic E-state index is 13.4. The monoisotopic (exact) mass is 343 g/mol. The molecule has 1 saturated heterocycles. The molecule has 132 valence electrons. The Morgan fingerprint density at radius 3 is 2.40 bits per heavy atom. The van der Waals surface area contributed by atoms with Gasteiger partial charge in [-0.25, -0.2) is 4.39 Å². The van der Waals surface area contributed by atoms with Crippen LogP contribution in [0.4, 0.5) is 10.1 Å². The van der Waals surface area contributed by atoms with Crippen molar-refractivity contribution in [1.82, 2.24) is 4.90 Å². The number of anilines is 1. The molecule has 2 aromatic rings. The highest BCUT2D eigenvalue weighted by Gasteiger charge is 2.24. The van der Waals surface area contributed by atoms with Crippen LogP contribution in [0, 0.1) is 5.82 Å². The van der Waals surface area contributed by atoms with Crippen LogP contribution in [0.2, 0.25) is 0 Å². The average Bonchev–Trinajstić information content (AvgIpc) is 2.67. The van der Waals surface area contributed by atoms with Crippen molar-refractivity contribution < 1.29 is 13.9 Å². The van der Waals surface area contributed by atoms with Crippen LogP contribution in [0.3, 0.4) is 0 Å². The molecule has 0 unspecified atom stereocenters. The number of halogens is 1. The molecule has 0 radical (unpaired) electrons. The first-order chi connectivity index (χ1) is 12.1. The van der Waals surface area contributed by atoms with Crippen LogP contribution in [0.1, 0.15) is 15.9 Å². The highest BCUT2D eigenvalue weighted by atomic mass is 19.1. The summed E-state index contributed by atoms with van der Waals surface area (Å²) in [6.45, 7) is 3.03. The van der Waals surface area contributed by atoms with E-state index in [1.807, 2.05) is 29.2 Å². The number of nitrogens with two attached hydrogens (primary N) is 1. The van der Waals surface area contributed by atoms with Crippen molar-refractivity contribution in [3.05, 3.63) is 59.4 Å². The van der Waals surface area contributed by atoms with Gasteiger partial charge in [0.05, 0.1) is 12.8 Å². The maximum absolute atomic E-state index is 13.4. The molecule has 0 spiro atoms. The Morgan fingerprint density at radius 1 is 1.12 bits per heavy atom. The van der Waals surface area contributed by atoms with Gasteiger partial charge in [0.2, 0.25) is 0 Å². The number of nitrogens with zero attached hydrogens (tertiary/aromatic N) is 2. The Balaban J connectivity index is 1.66. The van der Waals surface area contributed by atoms with E-state index in [1.165, 1.54) is 19.2 Å². The molecule has 1 fully saturated rings. The summed E-state index contributed by atoms with van der Waals surface area (Å²) < 4.78 is 18.6. The quantitative estimate of drug-likeness (QED) is 0.925. The minimum Gasteiger partial charge on any atom is -0.494 e. The van der Waals surface area contributed by atoms with Crippen LogP contribution >= 0.6 is 0 Å². The van der Waals surface area contributed by atoms with Crippen molar-refractivity contribution in [2.75, 3.05) is 38.2 Å². The molecule has 0 bridgehead atoms. The highest BCUT2D eigenvalue weighted by Crippen LogP contribution is 2.29. The normalized spacial score (nSPS) is 14.5.